The van der Waals surface area contributed by atoms with Gasteiger partial charge in [-0.15, -0.1) is 0 Å². The lowest BCUT2D eigenvalue weighted by Crippen LogP contribution is -2.32. The highest BCUT2D eigenvalue weighted by Crippen LogP contribution is 2.08. The Kier molecular flexibility index (Phi) is 3.01. The molecule has 5 heteroatoms. The number of carboxylic acid groups (broad SMARTS) is 1. The van der Waals surface area contributed by atoms with Crippen LogP contribution in [0.25, 0.3) is 0 Å². The van der Waals surface area contributed by atoms with Crippen molar-refractivity contribution in [2.75, 3.05) is 6.54 Å². The van der Waals surface area contributed by atoms with Crippen molar-refractivity contribution in [3.8, 4) is 0 Å². The molecule has 0 bridgehead atoms. The van der Waals surface area contributed by atoms with E-state index in [9.17, 15) is 14.4 Å². The summed E-state index contributed by atoms with van der Waals surface area (Å²) in [4.78, 5) is 33.6. The minimum Gasteiger partial charge on any atom is -0.481 e. The van der Waals surface area contributed by atoms with E-state index in [4.69, 9.17) is 5.11 Å². The first-order chi connectivity index (χ1) is 6.52. The van der Waals surface area contributed by atoms with Gasteiger partial charge in [-0.2, -0.15) is 0 Å². The summed E-state index contributed by atoms with van der Waals surface area (Å²) in [7, 11) is 0. The van der Waals surface area contributed by atoms with E-state index in [1.165, 1.54) is 12.2 Å². The van der Waals surface area contributed by atoms with Gasteiger partial charge < -0.3 is 5.11 Å². The van der Waals surface area contributed by atoms with Gasteiger partial charge in [0.25, 0.3) is 11.8 Å². The van der Waals surface area contributed by atoms with E-state index in [1.807, 2.05) is 0 Å². The molecular weight excluding hydrogens is 186 g/mol. The van der Waals surface area contributed by atoms with Gasteiger partial charge in [-0.05, 0) is 6.42 Å². The highest BCUT2D eigenvalue weighted by atomic mass is 16.4. The molecule has 0 aromatic heterocycles. The molecule has 1 rings (SSSR count). The summed E-state index contributed by atoms with van der Waals surface area (Å²) in [6.45, 7) is 1.71. The Morgan fingerprint density at radius 1 is 1.43 bits per heavy atom. The monoisotopic (exact) mass is 197 g/mol. The first-order valence-corrected chi connectivity index (χ1v) is 4.28. The van der Waals surface area contributed by atoms with Gasteiger partial charge in [0, 0.05) is 18.7 Å². The molecule has 76 valence electrons. The topological polar surface area (TPSA) is 74.7 Å². The molecular formula is C9H11NO4. The van der Waals surface area contributed by atoms with Crippen LogP contribution in [0.15, 0.2) is 12.2 Å². The maximum atomic E-state index is 11.0. The molecule has 14 heavy (non-hydrogen) atoms. The van der Waals surface area contributed by atoms with Crippen molar-refractivity contribution >= 4 is 17.8 Å². The zero-order valence-electron chi connectivity index (χ0n) is 7.77. The van der Waals surface area contributed by atoms with Gasteiger partial charge in [0.1, 0.15) is 0 Å². The van der Waals surface area contributed by atoms with Crippen LogP contribution in [0.3, 0.4) is 0 Å². The fraction of sp³-hybridized carbons (Fsp3) is 0.444. The number of carboxylic acids is 1. The molecule has 0 saturated carbocycles. The van der Waals surface area contributed by atoms with Crippen molar-refractivity contribution in [2.24, 2.45) is 5.92 Å². The maximum Gasteiger partial charge on any atom is 0.306 e. The van der Waals surface area contributed by atoms with Gasteiger partial charge in [-0.25, -0.2) is 0 Å². The van der Waals surface area contributed by atoms with Crippen LogP contribution in [0.5, 0.6) is 0 Å². The van der Waals surface area contributed by atoms with Gasteiger partial charge in [0.2, 0.25) is 0 Å². The van der Waals surface area contributed by atoms with Gasteiger partial charge in [-0.1, -0.05) is 6.92 Å². The second-order valence-electron chi connectivity index (χ2n) is 3.19. The molecule has 0 radical (unpaired) electrons. The standard InChI is InChI=1S/C9H11NO4/c1-6(9(13)14)4-5-10-7(11)2-3-8(10)12/h2-3,6H,4-5H2,1H3,(H,13,14). The average Bonchev–Trinajstić information content (AvgIpc) is 2.43. The van der Waals surface area contributed by atoms with Crippen molar-refractivity contribution in [2.45, 2.75) is 13.3 Å². The highest BCUT2D eigenvalue weighted by molar-refractivity contribution is 6.12. The number of imide groups is 1. The van der Waals surface area contributed by atoms with E-state index in [2.05, 4.69) is 0 Å². The van der Waals surface area contributed by atoms with Crippen LogP contribution in [-0.2, 0) is 14.4 Å². The molecule has 0 saturated heterocycles. The largest absolute Gasteiger partial charge is 0.481 e. The number of rotatable bonds is 4. The number of amides is 2. The second-order valence-corrected chi connectivity index (χ2v) is 3.19. The molecule has 0 aliphatic carbocycles. The van der Waals surface area contributed by atoms with Crippen LogP contribution >= 0.6 is 0 Å². The van der Waals surface area contributed by atoms with Crippen LogP contribution in [0.1, 0.15) is 13.3 Å². The van der Waals surface area contributed by atoms with Gasteiger partial charge >= 0.3 is 5.97 Å². The SMILES string of the molecule is CC(CCN1C(=O)C=CC1=O)C(=O)O. The summed E-state index contributed by atoms with van der Waals surface area (Å²) in [5.41, 5.74) is 0. The van der Waals surface area contributed by atoms with Crippen molar-refractivity contribution in [1.29, 1.82) is 0 Å². The van der Waals surface area contributed by atoms with Gasteiger partial charge in [-0.3, -0.25) is 19.3 Å². The fourth-order valence-corrected chi connectivity index (χ4v) is 1.10. The molecule has 2 amide bonds. The zero-order valence-corrected chi connectivity index (χ0v) is 7.77. The van der Waals surface area contributed by atoms with E-state index in [1.54, 1.807) is 6.92 Å². The normalized spacial score (nSPS) is 17.6. The van der Waals surface area contributed by atoms with Crippen molar-refractivity contribution in [1.82, 2.24) is 4.90 Å². The summed E-state index contributed by atoms with van der Waals surface area (Å²) < 4.78 is 0. The Labute approximate surface area is 81.0 Å². The van der Waals surface area contributed by atoms with Crippen LogP contribution in [-0.4, -0.2) is 34.3 Å². The summed E-state index contributed by atoms with van der Waals surface area (Å²) >= 11 is 0. The second kappa shape index (κ2) is 4.04. The number of carbonyl (C=O) groups excluding carboxylic acids is 2. The van der Waals surface area contributed by atoms with Crippen molar-refractivity contribution < 1.29 is 19.5 Å². The summed E-state index contributed by atoms with van der Waals surface area (Å²) in [6, 6.07) is 0. The Balaban J connectivity index is 2.43. The third-order valence-electron chi connectivity index (χ3n) is 2.11. The van der Waals surface area contributed by atoms with E-state index in [-0.39, 0.29) is 24.8 Å². The average molecular weight is 197 g/mol. The van der Waals surface area contributed by atoms with E-state index >= 15 is 0 Å². The lowest BCUT2D eigenvalue weighted by atomic mass is 10.1. The quantitative estimate of drug-likeness (QED) is 0.645. The number of carbonyl (C=O) groups is 3. The molecule has 1 heterocycles. The van der Waals surface area contributed by atoms with Crippen LogP contribution < -0.4 is 0 Å². The van der Waals surface area contributed by atoms with Crippen LogP contribution in [0, 0.1) is 5.92 Å². The van der Waals surface area contributed by atoms with Gasteiger partial charge in [0.05, 0.1) is 5.92 Å². The molecule has 1 atom stereocenters. The summed E-state index contributed by atoms with van der Waals surface area (Å²) in [5, 5.41) is 8.58. The third-order valence-corrected chi connectivity index (χ3v) is 2.11. The Morgan fingerprint density at radius 3 is 2.36 bits per heavy atom. The Bertz CT molecular complexity index is 290. The Hall–Kier alpha value is -1.65. The van der Waals surface area contributed by atoms with E-state index in [0.717, 1.165) is 4.90 Å². The number of nitrogens with zero attached hydrogens (tertiary/aromatic N) is 1. The first-order valence-electron chi connectivity index (χ1n) is 4.28. The van der Waals surface area contributed by atoms with E-state index < -0.39 is 11.9 Å². The van der Waals surface area contributed by atoms with Crippen molar-refractivity contribution in [3.05, 3.63) is 12.2 Å². The predicted octanol–water partition coefficient (Wildman–Crippen LogP) is 0.0222. The molecule has 1 unspecified atom stereocenters. The molecule has 1 N–H and O–H groups in total. The predicted molar refractivity (Wildman–Crippen MR) is 47.3 cm³/mol. The smallest absolute Gasteiger partial charge is 0.306 e. The molecule has 0 aromatic rings. The molecule has 0 spiro atoms. The van der Waals surface area contributed by atoms with E-state index in [0.29, 0.717) is 0 Å². The summed E-state index contributed by atoms with van der Waals surface area (Å²) in [6.07, 6.45) is 2.66. The molecule has 1 aliphatic rings. The molecule has 0 fully saturated rings. The fourth-order valence-electron chi connectivity index (χ4n) is 1.10. The summed E-state index contributed by atoms with van der Waals surface area (Å²) in [5.74, 6) is -2.20. The lowest BCUT2D eigenvalue weighted by molar-refractivity contribution is -0.143. The third kappa shape index (κ3) is 2.18. The minimum absolute atomic E-state index is 0.165. The molecule has 5 nitrogen and oxygen atoms in total. The van der Waals surface area contributed by atoms with Crippen LogP contribution in [0.4, 0.5) is 0 Å². The van der Waals surface area contributed by atoms with Crippen molar-refractivity contribution in [3.63, 3.8) is 0 Å². The minimum atomic E-state index is -0.919. The highest BCUT2D eigenvalue weighted by Gasteiger charge is 2.24. The number of aliphatic carboxylic acids is 1. The maximum absolute atomic E-state index is 11.0. The van der Waals surface area contributed by atoms with Crippen LogP contribution in [0.2, 0.25) is 0 Å². The zero-order chi connectivity index (χ0) is 10.7. The first kappa shape index (κ1) is 10.4. The number of hydrogen-bond donors (Lipinski definition) is 1. The lowest BCUT2D eigenvalue weighted by Gasteiger charge is -2.14. The Morgan fingerprint density at radius 2 is 1.93 bits per heavy atom. The number of hydrogen-bond acceptors (Lipinski definition) is 3. The molecule has 1 aliphatic heterocycles. The van der Waals surface area contributed by atoms with Gasteiger partial charge in [0.15, 0.2) is 0 Å². The molecule has 0 aromatic carbocycles.